The van der Waals surface area contributed by atoms with Crippen molar-refractivity contribution in [3.8, 4) is 0 Å². The molecule has 4 heterocycles. The summed E-state index contributed by atoms with van der Waals surface area (Å²) in [5.74, 6) is -0.0144. The Balaban J connectivity index is 1.57. The first-order valence-corrected chi connectivity index (χ1v) is 10.8. The van der Waals surface area contributed by atoms with Gasteiger partial charge in [0.2, 0.25) is 15.9 Å². The van der Waals surface area contributed by atoms with Crippen LogP contribution in [0.5, 0.6) is 0 Å². The average Bonchev–Trinajstić information content (AvgIpc) is 3.04. The first-order chi connectivity index (χ1) is 12.7. The molecule has 0 radical (unpaired) electrons. The zero-order valence-corrected chi connectivity index (χ0v) is 16.5. The minimum absolute atomic E-state index is 0.161. The number of hydrogen-bond acceptors (Lipinski definition) is 7. The third-order valence-corrected chi connectivity index (χ3v) is 8.19. The van der Waals surface area contributed by atoms with Gasteiger partial charge >= 0.3 is 0 Å². The highest BCUT2D eigenvalue weighted by atomic mass is 32.2. The topological polar surface area (TPSA) is 119 Å². The lowest BCUT2D eigenvalue weighted by Crippen LogP contribution is -2.61. The number of nitrogens with zero attached hydrogens (tertiary/aromatic N) is 3. The molecule has 1 aromatic rings. The Morgan fingerprint density at radius 1 is 1.30 bits per heavy atom. The van der Waals surface area contributed by atoms with E-state index in [0.717, 1.165) is 12.8 Å². The molecule has 4 rings (SSSR count). The fourth-order valence-electron chi connectivity index (χ4n) is 5.07. The number of carbonyl (C=O) groups excluding carboxylic acids is 1. The number of carbonyl (C=O) groups is 1. The fraction of sp³-hybridized carbons (Fsp3) is 0.765. The first-order valence-electron chi connectivity index (χ1n) is 9.33. The van der Waals surface area contributed by atoms with Crippen LogP contribution in [0.2, 0.25) is 0 Å². The van der Waals surface area contributed by atoms with Crippen LogP contribution >= 0.6 is 0 Å². The van der Waals surface area contributed by atoms with Crippen LogP contribution in [0.25, 0.3) is 0 Å². The Morgan fingerprint density at radius 3 is 2.52 bits per heavy atom. The van der Waals surface area contributed by atoms with Crippen LogP contribution < -0.4 is 5.73 Å². The van der Waals surface area contributed by atoms with Crippen LogP contribution in [-0.4, -0.2) is 72.6 Å². The van der Waals surface area contributed by atoms with Crippen molar-refractivity contribution in [2.75, 3.05) is 26.2 Å². The molecule has 3 aliphatic heterocycles. The summed E-state index contributed by atoms with van der Waals surface area (Å²) in [6.07, 6.45) is 3.40. The summed E-state index contributed by atoms with van der Waals surface area (Å²) in [4.78, 5) is 13.7. The second-order valence-corrected chi connectivity index (χ2v) is 9.83. The number of morpholine rings is 1. The van der Waals surface area contributed by atoms with Crippen molar-refractivity contribution in [2.45, 2.75) is 62.1 Å². The van der Waals surface area contributed by atoms with Gasteiger partial charge in [-0.2, -0.15) is 4.31 Å². The molecule has 0 aromatic carbocycles. The molecule has 2 bridgehead atoms. The van der Waals surface area contributed by atoms with Gasteiger partial charge in [0, 0.05) is 25.2 Å². The molecule has 0 saturated carbocycles. The predicted molar refractivity (Wildman–Crippen MR) is 95.4 cm³/mol. The average molecular weight is 398 g/mol. The molecule has 1 aromatic heterocycles. The summed E-state index contributed by atoms with van der Waals surface area (Å²) in [5.41, 5.74) is 5.26. The van der Waals surface area contributed by atoms with Gasteiger partial charge in [-0.3, -0.25) is 9.69 Å². The van der Waals surface area contributed by atoms with Gasteiger partial charge in [-0.15, -0.1) is 0 Å². The Labute approximate surface area is 158 Å². The van der Waals surface area contributed by atoms with Crippen LogP contribution in [0.4, 0.5) is 0 Å². The van der Waals surface area contributed by atoms with Crippen molar-refractivity contribution in [2.24, 2.45) is 5.73 Å². The van der Waals surface area contributed by atoms with E-state index in [9.17, 15) is 13.2 Å². The molecule has 3 atom stereocenters. The molecule has 27 heavy (non-hydrogen) atoms. The number of aryl methyl sites for hydroxylation is 2. The van der Waals surface area contributed by atoms with Crippen LogP contribution in [-0.2, 0) is 19.6 Å². The van der Waals surface area contributed by atoms with Gasteiger partial charge in [-0.25, -0.2) is 8.42 Å². The number of aromatic nitrogens is 1. The maximum absolute atomic E-state index is 13.2. The number of nitrogens with two attached hydrogens (primary N) is 1. The Bertz CT molecular complexity index is 818. The van der Waals surface area contributed by atoms with E-state index in [4.69, 9.17) is 15.0 Å². The van der Waals surface area contributed by atoms with Crippen molar-refractivity contribution in [3.63, 3.8) is 0 Å². The SMILES string of the molecule is Cc1noc(C)c1S(=O)(=O)N1CCOC2(C[C@H]3CC[C@@H](C2)N3CC(N)=O)C1. The minimum atomic E-state index is -3.69. The van der Waals surface area contributed by atoms with Crippen molar-refractivity contribution in [1.29, 1.82) is 0 Å². The molecule has 2 N–H and O–H groups in total. The Morgan fingerprint density at radius 2 is 1.96 bits per heavy atom. The molecule has 1 amide bonds. The molecular weight excluding hydrogens is 372 g/mol. The number of ether oxygens (including phenoxy) is 1. The van der Waals surface area contributed by atoms with Gasteiger partial charge in [-0.05, 0) is 39.5 Å². The van der Waals surface area contributed by atoms with E-state index in [-0.39, 0.29) is 29.4 Å². The van der Waals surface area contributed by atoms with Gasteiger partial charge in [-0.1, -0.05) is 5.16 Å². The molecule has 3 saturated heterocycles. The highest BCUT2D eigenvalue weighted by Crippen LogP contribution is 2.44. The lowest BCUT2D eigenvalue weighted by molar-refractivity contribution is -0.140. The smallest absolute Gasteiger partial charge is 0.248 e. The molecule has 3 fully saturated rings. The van der Waals surface area contributed by atoms with E-state index in [0.29, 0.717) is 44.0 Å². The second kappa shape index (κ2) is 6.54. The predicted octanol–water partition coefficient (Wildman–Crippen LogP) is 0.163. The Hall–Kier alpha value is -1.49. The standard InChI is InChI=1S/C17H26N4O5S/c1-11-16(12(2)26-19-11)27(23,24)20-5-6-25-17(10-20)7-13-3-4-14(8-17)21(13)9-15(18)22/h13-14H,3-10H2,1-2H3,(H2,18,22)/t13-,14+,17?. The van der Waals surface area contributed by atoms with Crippen molar-refractivity contribution in [3.05, 3.63) is 11.5 Å². The maximum atomic E-state index is 13.2. The van der Waals surface area contributed by atoms with E-state index >= 15 is 0 Å². The number of amides is 1. The number of piperidine rings is 1. The van der Waals surface area contributed by atoms with Crippen molar-refractivity contribution in [1.82, 2.24) is 14.4 Å². The van der Waals surface area contributed by atoms with Crippen LogP contribution in [0.1, 0.15) is 37.1 Å². The number of primary amides is 1. The Kier molecular flexibility index (Phi) is 4.57. The number of fused-ring (bicyclic) bond motifs is 2. The quantitative estimate of drug-likeness (QED) is 0.767. The lowest BCUT2D eigenvalue weighted by Gasteiger charge is -2.49. The summed E-state index contributed by atoms with van der Waals surface area (Å²) >= 11 is 0. The van der Waals surface area contributed by atoms with Gasteiger partial charge in [0.1, 0.15) is 10.6 Å². The van der Waals surface area contributed by atoms with Crippen LogP contribution in [0, 0.1) is 13.8 Å². The number of rotatable bonds is 4. The normalized spacial score (nSPS) is 32.2. The van der Waals surface area contributed by atoms with Crippen molar-refractivity contribution < 1.29 is 22.5 Å². The van der Waals surface area contributed by atoms with E-state index in [1.165, 1.54) is 4.31 Å². The zero-order valence-electron chi connectivity index (χ0n) is 15.7. The maximum Gasteiger partial charge on any atom is 0.248 e. The van der Waals surface area contributed by atoms with Crippen LogP contribution in [0.3, 0.4) is 0 Å². The monoisotopic (exact) mass is 398 g/mol. The molecule has 9 nitrogen and oxygen atoms in total. The van der Waals surface area contributed by atoms with Gasteiger partial charge in [0.15, 0.2) is 5.76 Å². The summed E-state index contributed by atoms with van der Waals surface area (Å²) in [6.45, 7) is 4.50. The summed E-state index contributed by atoms with van der Waals surface area (Å²) in [7, 11) is -3.69. The molecule has 0 aliphatic carbocycles. The molecule has 1 unspecified atom stereocenters. The lowest BCUT2D eigenvalue weighted by atomic mass is 9.85. The van der Waals surface area contributed by atoms with Gasteiger partial charge in [0.05, 0.1) is 18.8 Å². The first kappa shape index (κ1) is 18.9. The van der Waals surface area contributed by atoms with E-state index in [1.807, 2.05) is 0 Å². The van der Waals surface area contributed by atoms with E-state index in [2.05, 4.69) is 10.1 Å². The zero-order chi connectivity index (χ0) is 19.4. The number of hydrogen-bond donors (Lipinski definition) is 1. The van der Waals surface area contributed by atoms with Crippen LogP contribution in [0.15, 0.2) is 9.42 Å². The van der Waals surface area contributed by atoms with E-state index < -0.39 is 15.6 Å². The highest BCUT2D eigenvalue weighted by molar-refractivity contribution is 7.89. The summed E-state index contributed by atoms with van der Waals surface area (Å²) in [6, 6.07) is 0.413. The molecule has 3 aliphatic rings. The summed E-state index contributed by atoms with van der Waals surface area (Å²) < 4.78 is 39.1. The highest BCUT2D eigenvalue weighted by Gasteiger charge is 2.52. The summed E-state index contributed by atoms with van der Waals surface area (Å²) in [5, 5.41) is 3.79. The van der Waals surface area contributed by atoms with Gasteiger partial charge < -0.3 is 15.0 Å². The number of sulfonamides is 1. The van der Waals surface area contributed by atoms with E-state index in [1.54, 1.807) is 13.8 Å². The largest absolute Gasteiger partial charge is 0.372 e. The van der Waals surface area contributed by atoms with Crippen molar-refractivity contribution >= 4 is 15.9 Å². The second-order valence-electron chi connectivity index (χ2n) is 7.96. The molecule has 150 valence electrons. The molecular formula is C17H26N4O5S. The molecule has 10 heteroatoms. The molecule has 1 spiro atoms. The fourth-order valence-corrected chi connectivity index (χ4v) is 6.86. The third-order valence-electron chi connectivity index (χ3n) is 6.10. The third kappa shape index (κ3) is 3.18. The minimum Gasteiger partial charge on any atom is -0.372 e. The van der Waals surface area contributed by atoms with Gasteiger partial charge in [0.25, 0.3) is 0 Å².